The predicted octanol–water partition coefficient (Wildman–Crippen LogP) is 2.34. The molecule has 0 aliphatic carbocycles. The van der Waals surface area contributed by atoms with E-state index in [4.69, 9.17) is 15.2 Å². The zero-order chi connectivity index (χ0) is 17.4. The number of urea groups is 1. The molecule has 2 aromatic rings. The van der Waals surface area contributed by atoms with Gasteiger partial charge in [-0.2, -0.15) is 0 Å². The molecule has 7 nitrogen and oxygen atoms in total. The normalized spacial score (nSPS) is 9.88. The van der Waals surface area contributed by atoms with Crippen LogP contribution in [-0.4, -0.2) is 25.3 Å². The van der Waals surface area contributed by atoms with Crippen molar-refractivity contribution in [3.8, 4) is 11.5 Å². The summed E-state index contributed by atoms with van der Waals surface area (Å²) in [5, 5.41) is 5.18. The lowest BCUT2D eigenvalue weighted by Gasteiger charge is -2.10. The fourth-order valence-corrected chi connectivity index (χ4v) is 1.88. The summed E-state index contributed by atoms with van der Waals surface area (Å²) in [4.78, 5) is 22.7. The van der Waals surface area contributed by atoms with Crippen molar-refractivity contribution >= 4 is 17.6 Å². The Morgan fingerprint density at radius 3 is 2.08 bits per heavy atom. The highest BCUT2D eigenvalue weighted by atomic mass is 16.5. The van der Waals surface area contributed by atoms with Gasteiger partial charge in [-0.25, -0.2) is 4.79 Å². The number of rotatable bonds is 7. The fraction of sp³-hybridized carbons (Fsp3) is 0.176. The van der Waals surface area contributed by atoms with E-state index in [-0.39, 0.29) is 6.73 Å². The van der Waals surface area contributed by atoms with Crippen molar-refractivity contribution in [1.82, 2.24) is 5.32 Å². The highest BCUT2D eigenvalue weighted by Crippen LogP contribution is 2.17. The molecule has 2 aromatic carbocycles. The molecule has 126 valence electrons. The highest BCUT2D eigenvalue weighted by molar-refractivity contribution is 5.94. The summed E-state index contributed by atoms with van der Waals surface area (Å²) >= 11 is 0. The number of ether oxygens (including phenoxy) is 2. The number of primary amides is 1. The van der Waals surface area contributed by atoms with Crippen molar-refractivity contribution in [2.75, 3.05) is 18.7 Å². The van der Waals surface area contributed by atoms with E-state index in [9.17, 15) is 9.59 Å². The van der Waals surface area contributed by atoms with Gasteiger partial charge in [0.05, 0.1) is 6.61 Å². The summed E-state index contributed by atoms with van der Waals surface area (Å²) in [6.45, 7) is 2.52. The molecule has 0 unspecified atom stereocenters. The number of benzene rings is 2. The van der Waals surface area contributed by atoms with Crippen LogP contribution in [0.25, 0.3) is 0 Å². The van der Waals surface area contributed by atoms with Gasteiger partial charge in [-0.1, -0.05) is 0 Å². The second-order valence-corrected chi connectivity index (χ2v) is 4.77. The second kappa shape index (κ2) is 8.42. The van der Waals surface area contributed by atoms with Crippen molar-refractivity contribution in [2.45, 2.75) is 6.92 Å². The Morgan fingerprint density at radius 2 is 1.54 bits per heavy atom. The Balaban J connectivity index is 1.75. The number of hydrogen-bond acceptors (Lipinski definition) is 4. The van der Waals surface area contributed by atoms with E-state index < -0.39 is 11.9 Å². The zero-order valence-corrected chi connectivity index (χ0v) is 13.2. The lowest BCUT2D eigenvalue weighted by Crippen LogP contribution is -2.32. The third-order valence-corrected chi connectivity index (χ3v) is 3.03. The number of nitrogens with one attached hydrogen (secondary N) is 2. The molecule has 0 bridgehead atoms. The first-order chi connectivity index (χ1) is 11.6. The molecule has 0 heterocycles. The first-order valence-corrected chi connectivity index (χ1v) is 7.39. The van der Waals surface area contributed by atoms with Crippen LogP contribution in [-0.2, 0) is 0 Å². The lowest BCUT2D eigenvalue weighted by molar-refractivity contribution is 0.100. The van der Waals surface area contributed by atoms with Gasteiger partial charge in [0, 0.05) is 11.3 Å². The summed E-state index contributed by atoms with van der Waals surface area (Å²) in [5.41, 5.74) is 6.06. The smallest absolute Gasteiger partial charge is 0.321 e. The monoisotopic (exact) mass is 329 g/mol. The van der Waals surface area contributed by atoms with Gasteiger partial charge in [0.1, 0.15) is 11.5 Å². The van der Waals surface area contributed by atoms with E-state index >= 15 is 0 Å². The van der Waals surface area contributed by atoms with Crippen molar-refractivity contribution in [3.05, 3.63) is 54.1 Å². The molecular formula is C17H19N3O4. The lowest BCUT2D eigenvalue weighted by atomic mass is 10.2. The van der Waals surface area contributed by atoms with Crippen LogP contribution < -0.4 is 25.8 Å². The molecule has 24 heavy (non-hydrogen) atoms. The largest absolute Gasteiger partial charge is 0.494 e. The molecule has 0 fully saturated rings. The van der Waals surface area contributed by atoms with E-state index in [1.165, 1.54) is 12.1 Å². The topological polar surface area (TPSA) is 103 Å². The standard InChI is InChI=1S/C17H19N3O4/c1-2-23-14-7-9-15(10-8-14)24-11-19-17(22)20-13-5-3-12(4-6-13)16(18)21/h3-10H,2,11H2,1H3,(H2,18,21)(H2,19,20,22). The molecule has 4 N–H and O–H groups in total. The quantitative estimate of drug-likeness (QED) is 0.678. The van der Waals surface area contributed by atoms with Gasteiger partial charge in [0.15, 0.2) is 6.73 Å². The predicted molar refractivity (Wildman–Crippen MR) is 90.2 cm³/mol. The van der Waals surface area contributed by atoms with Crippen LogP contribution in [0.15, 0.2) is 48.5 Å². The Kier molecular flexibility index (Phi) is 6.01. The first-order valence-electron chi connectivity index (χ1n) is 7.39. The second-order valence-electron chi connectivity index (χ2n) is 4.77. The van der Waals surface area contributed by atoms with Crippen LogP contribution >= 0.6 is 0 Å². The maximum absolute atomic E-state index is 11.7. The number of nitrogens with two attached hydrogens (primary N) is 1. The van der Waals surface area contributed by atoms with E-state index in [1.54, 1.807) is 36.4 Å². The molecule has 0 aliphatic heterocycles. The maximum atomic E-state index is 11.7. The first kappa shape index (κ1) is 17.1. The van der Waals surface area contributed by atoms with Gasteiger partial charge in [-0.05, 0) is 55.5 Å². The molecule has 0 radical (unpaired) electrons. The van der Waals surface area contributed by atoms with Gasteiger partial charge in [0.2, 0.25) is 5.91 Å². The van der Waals surface area contributed by atoms with Crippen molar-refractivity contribution in [3.63, 3.8) is 0 Å². The van der Waals surface area contributed by atoms with Crippen LogP contribution in [0, 0.1) is 0 Å². The van der Waals surface area contributed by atoms with E-state index in [1.807, 2.05) is 6.92 Å². The zero-order valence-electron chi connectivity index (χ0n) is 13.2. The molecule has 7 heteroatoms. The molecule has 0 spiro atoms. The number of anilines is 1. The molecular weight excluding hydrogens is 310 g/mol. The van der Waals surface area contributed by atoms with E-state index in [2.05, 4.69) is 10.6 Å². The average Bonchev–Trinajstić information content (AvgIpc) is 2.57. The van der Waals surface area contributed by atoms with Gasteiger partial charge < -0.3 is 25.8 Å². The van der Waals surface area contributed by atoms with E-state index in [0.29, 0.717) is 23.6 Å². The highest BCUT2D eigenvalue weighted by Gasteiger charge is 2.04. The van der Waals surface area contributed by atoms with Crippen LogP contribution in [0.3, 0.4) is 0 Å². The average molecular weight is 329 g/mol. The van der Waals surface area contributed by atoms with Gasteiger partial charge >= 0.3 is 6.03 Å². The van der Waals surface area contributed by atoms with Crippen LogP contribution in [0.2, 0.25) is 0 Å². The Hall–Kier alpha value is -3.22. The summed E-state index contributed by atoms with van der Waals surface area (Å²) < 4.78 is 10.7. The molecule has 0 saturated carbocycles. The van der Waals surface area contributed by atoms with Crippen LogP contribution in [0.5, 0.6) is 11.5 Å². The summed E-state index contributed by atoms with van der Waals surface area (Å²) in [6.07, 6.45) is 0. The third-order valence-electron chi connectivity index (χ3n) is 3.03. The number of hydrogen-bond donors (Lipinski definition) is 3. The molecule has 0 saturated heterocycles. The minimum atomic E-state index is -0.519. The van der Waals surface area contributed by atoms with Gasteiger partial charge in [-0.15, -0.1) is 0 Å². The molecule has 0 aromatic heterocycles. The van der Waals surface area contributed by atoms with Gasteiger partial charge in [0.25, 0.3) is 0 Å². The van der Waals surface area contributed by atoms with Gasteiger partial charge in [-0.3, -0.25) is 4.79 Å². The van der Waals surface area contributed by atoms with Crippen molar-refractivity contribution in [1.29, 1.82) is 0 Å². The minimum absolute atomic E-state index is 0.0131. The Bertz CT molecular complexity index is 684. The van der Waals surface area contributed by atoms with Crippen LogP contribution in [0.4, 0.5) is 10.5 Å². The molecule has 2 rings (SSSR count). The number of amides is 3. The molecule has 3 amide bonds. The van der Waals surface area contributed by atoms with Crippen molar-refractivity contribution < 1.29 is 19.1 Å². The molecule has 0 atom stereocenters. The number of carbonyl (C=O) groups excluding carboxylic acids is 2. The third kappa shape index (κ3) is 5.20. The van der Waals surface area contributed by atoms with E-state index in [0.717, 1.165) is 5.75 Å². The Labute approximate surface area is 139 Å². The fourth-order valence-electron chi connectivity index (χ4n) is 1.88. The number of carbonyl (C=O) groups is 2. The van der Waals surface area contributed by atoms with Crippen LogP contribution in [0.1, 0.15) is 17.3 Å². The SMILES string of the molecule is CCOc1ccc(OCNC(=O)Nc2ccc(C(N)=O)cc2)cc1. The molecule has 0 aliphatic rings. The van der Waals surface area contributed by atoms with Crippen molar-refractivity contribution in [2.24, 2.45) is 5.73 Å². The minimum Gasteiger partial charge on any atom is -0.494 e. The maximum Gasteiger partial charge on any atom is 0.321 e. The summed E-state index contributed by atoms with van der Waals surface area (Å²) in [5.74, 6) is 0.856. The summed E-state index contributed by atoms with van der Waals surface area (Å²) in [7, 11) is 0. The Morgan fingerprint density at radius 1 is 0.958 bits per heavy atom. The summed E-state index contributed by atoms with van der Waals surface area (Å²) in [6, 6.07) is 12.9.